The molecule has 0 aliphatic carbocycles. The van der Waals surface area contributed by atoms with Crippen molar-refractivity contribution < 1.29 is 9.84 Å². The molecule has 1 heterocycles. The first-order chi connectivity index (χ1) is 15.7. The Kier molecular flexibility index (Phi) is 7.10. The molecule has 3 aromatic carbocycles. The second-order valence-corrected chi connectivity index (χ2v) is 7.75. The molecule has 32 heavy (non-hydrogen) atoms. The average molecular weight is 426 g/mol. The van der Waals surface area contributed by atoms with Crippen LogP contribution in [0, 0.1) is 6.92 Å². The van der Waals surface area contributed by atoms with Crippen LogP contribution in [-0.4, -0.2) is 33.1 Å². The van der Waals surface area contributed by atoms with Crippen LogP contribution in [0.25, 0.3) is 11.4 Å². The Morgan fingerprint density at radius 1 is 0.781 bits per heavy atom. The van der Waals surface area contributed by atoms with Gasteiger partial charge in [-0.1, -0.05) is 60.7 Å². The first-order valence-electron chi connectivity index (χ1n) is 10.7. The van der Waals surface area contributed by atoms with Gasteiger partial charge in [-0.05, 0) is 42.3 Å². The number of phenolic OH excluding ortho intramolecular Hbond substituents is 1. The van der Waals surface area contributed by atoms with E-state index in [1.165, 1.54) is 11.1 Å². The highest BCUT2D eigenvalue weighted by Gasteiger charge is 2.10. The molecule has 0 unspecified atom stereocenters. The third-order valence-electron chi connectivity index (χ3n) is 5.11. The number of ether oxygens (including phenoxy) is 1. The normalized spacial score (nSPS) is 10.9. The van der Waals surface area contributed by atoms with E-state index in [9.17, 15) is 5.11 Å². The standard InChI is InChI=1S/C27H27N3O2/c1-21-18-26(29-27(28-21)24-12-14-25(31)15-13-24)32-17-16-30(19-22-8-4-2-5-9-22)20-23-10-6-3-7-11-23/h2-15,18,31H,16-17,19-20H2,1H3. The fourth-order valence-corrected chi connectivity index (χ4v) is 3.53. The lowest BCUT2D eigenvalue weighted by atomic mass is 10.1. The number of hydrogen-bond donors (Lipinski definition) is 1. The minimum absolute atomic E-state index is 0.217. The van der Waals surface area contributed by atoms with Gasteiger partial charge in [0.15, 0.2) is 5.82 Å². The van der Waals surface area contributed by atoms with Crippen molar-refractivity contribution in [2.45, 2.75) is 20.0 Å². The molecule has 0 saturated heterocycles. The molecule has 1 aromatic heterocycles. The number of benzene rings is 3. The van der Waals surface area contributed by atoms with Gasteiger partial charge < -0.3 is 9.84 Å². The predicted molar refractivity (Wildman–Crippen MR) is 126 cm³/mol. The van der Waals surface area contributed by atoms with Gasteiger partial charge in [0.1, 0.15) is 12.4 Å². The quantitative estimate of drug-likeness (QED) is 0.397. The first kappa shape index (κ1) is 21.5. The lowest BCUT2D eigenvalue weighted by Crippen LogP contribution is -2.28. The topological polar surface area (TPSA) is 58.5 Å². The number of nitrogens with zero attached hydrogens (tertiary/aromatic N) is 3. The monoisotopic (exact) mass is 425 g/mol. The molecule has 0 aliphatic heterocycles. The largest absolute Gasteiger partial charge is 0.508 e. The van der Waals surface area contributed by atoms with E-state index in [0.29, 0.717) is 18.3 Å². The van der Waals surface area contributed by atoms with Crippen LogP contribution >= 0.6 is 0 Å². The molecule has 0 radical (unpaired) electrons. The maximum atomic E-state index is 9.52. The van der Waals surface area contributed by atoms with E-state index in [1.54, 1.807) is 24.3 Å². The van der Waals surface area contributed by atoms with E-state index in [0.717, 1.165) is 30.9 Å². The van der Waals surface area contributed by atoms with Crippen LogP contribution in [0.1, 0.15) is 16.8 Å². The van der Waals surface area contributed by atoms with E-state index < -0.39 is 0 Å². The number of hydrogen-bond acceptors (Lipinski definition) is 5. The molecule has 162 valence electrons. The summed E-state index contributed by atoms with van der Waals surface area (Å²) < 4.78 is 6.04. The Morgan fingerprint density at radius 3 is 1.97 bits per heavy atom. The molecule has 5 heteroatoms. The minimum Gasteiger partial charge on any atom is -0.508 e. The van der Waals surface area contributed by atoms with Crippen LogP contribution in [0.5, 0.6) is 11.6 Å². The number of aryl methyl sites for hydroxylation is 1. The van der Waals surface area contributed by atoms with E-state index in [4.69, 9.17) is 4.74 Å². The van der Waals surface area contributed by atoms with Gasteiger partial charge in [0.2, 0.25) is 5.88 Å². The van der Waals surface area contributed by atoms with Gasteiger partial charge in [-0.2, -0.15) is 4.98 Å². The first-order valence-corrected chi connectivity index (χ1v) is 10.7. The molecule has 1 N–H and O–H groups in total. The summed E-state index contributed by atoms with van der Waals surface area (Å²) in [5.74, 6) is 1.36. The highest BCUT2D eigenvalue weighted by atomic mass is 16.5. The van der Waals surface area contributed by atoms with E-state index in [1.807, 2.05) is 25.1 Å². The van der Waals surface area contributed by atoms with Crippen molar-refractivity contribution in [3.8, 4) is 23.0 Å². The van der Waals surface area contributed by atoms with Gasteiger partial charge in [-0.15, -0.1) is 0 Å². The smallest absolute Gasteiger partial charge is 0.217 e. The fourth-order valence-electron chi connectivity index (χ4n) is 3.53. The van der Waals surface area contributed by atoms with Crippen molar-refractivity contribution in [1.29, 1.82) is 0 Å². The summed E-state index contributed by atoms with van der Waals surface area (Å²) in [7, 11) is 0. The van der Waals surface area contributed by atoms with Gasteiger partial charge in [0, 0.05) is 37.0 Å². The van der Waals surface area contributed by atoms with Crippen LogP contribution in [-0.2, 0) is 13.1 Å². The van der Waals surface area contributed by atoms with Gasteiger partial charge in [0.25, 0.3) is 0 Å². The number of phenols is 1. The molecule has 0 bridgehead atoms. The molecule has 0 atom stereocenters. The maximum Gasteiger partial charge on any atom is 0.217 e. The Bertz CT molecular complexity index is 1080. The molecule has 0 spiro atoms. The lowest BCUT2D eigenvalue weighted by molar-refractivity contribution is 0.192. The fraction of sp³-hybridized carbons (Fsp3) is 0.185. The Labute approximate surface area is 189 Å². The van der Waals surface area contributed by atoms with Gasteiger partial charge in [-0.3, -0.25) is 4.90 Å². The SMILES string of the molecule is Cc1cc(OCCN(Cc2ccccc2)Cc2ccccc2)nc(-c2ccc(O)cc2)n1. The van der Waals surface area contributed by atoms with Crippen LogP contribution in [0.4, 0.5) is 0 Å². The zero-order valence-electron chi connectivity index (χ0n) is 18.2. The zero-order chi connectivity index (χ0) is 22.2. The van der Waals surface area contributed by atoms with Gasteiger partial charge in [0.05, 0.1) is 0 Å². The Hall–Kier alpha value is -3.70. The summed E-state index contributed by atoms with van der Waals surface area (Å²) in [6.45, 7) is 4.91. The molecule has 5 nitrogen and oxygen atoms in total. The Balaban J connectivity index is 1.43. The van der Waals surface area contributed by atoms with Crippen molar-refractivity contribution in [3.63, 3.8) is 0 Å². The summed E-state index contributed by atoms with van der Waals surface area (Å²) in [6, 6.07) is 29.7. The van der Waals surface area contributed by atoms with Crippen molar-refractivity contribution in [2.24, 2.45) is 0 Å². The highest BCUT2D eigenvalue weighted by Crippen LogP contribution is 2.21. The van der Waals surface area contributed by atoms with Crippen LogP contribution in [0.2, 0.25) is 0 Å². The number of rotatable bonds is 9. The summed E-state index contributed by atoms with van der Waals surface area (Å²) in [5, 5.41) is 9.52. The second-order valence-electron chi connectivity index (χ2n) is 7.75. The van der Waals surface area contributed by atoms with Crippen LogP contribution < -0.4 is 4.74 Å². The van der Waals surface area contributed by atoms with Crippen molar-refractivity contribution in [3.05, 3.63) is 108 Å². The molecule has 0 saturated carbocycles. The maximum absolute atomic E-state index is 9.52. The highest BCUT2D eigenvalue weighted by molar-refractivity contribution is 5.56. The molecular weight excluding hydrogens is 398 g/mol. The van der Waals surface area contributed by atoms with Crippen LogP contribution in [0.3, 0.4) is 0 Å². The van der Waals surface area contributed by atoms with Crippen molar-refractivity contribution >= 4 is 0 Å². The van der Waals surface area contributed by atoms with Gasteiger partial charge in [-0.25, -0.2) is 4.98 Å². The van der Waals surface area contributed by atoms with Crippen molar-refractivity contribution in [2.75, 3.05) is 13.2 Å². The summed E-state index contributed by atoms with van der Waals surface area (Å²) in [4.78, 5) is 11.4. The molecule has 0 aliphatic rings. The minimum atomic E-state index is 0.217. The molecular formula is C27H27N3O2. The lowest BCUT2D eigenvalue weighted by Gasteiger charge is -2.22. The number of aromatic nitrogens is 2. The Morgan fingerprint density at radius 2 is 1.38 bits per heavy atom. The summed E-state index contributed by atoms with van der Waals surface area (Å²) in [5.41, 5.74) is 4.22. The van der Waals surface area contributed by atoms with Crippen LogP contribution in [0.15, 0.2) is 91.0 Å². The van der Waals surface area contributed by atoms with E-state index in [2.05, 4.69) is 63.4 Å². The molecule has 4 aromatic rings. The molecule has 0 amide bonds. The zero-order valence-corrected chi connectivity index (χ0v) is 18.2. The molecule has 4 rings (SSSR count). The summed E-state index contributed by atoms with van der Waals surface area (Å²) >= 11 is 0. The third-order valence-corrected chi connectivity index (χ3v) is 5.11. The van der Waals surface area contributed by atoms with Crippen molar-refractivity contribution in [1.82, 2.24) is 14.9 Å². The van der Waals surface area contributed by atoms with E-state index in [-0.39, 0.29) is 5.75 Å². The number of aromatic hydroxyl groups is 1. The molecule has 0 fully saturated rings. The van der Waals surface area contributed by atoms with E-state index >= 15 is 0 Å². The predicted octanol–water partition coefficient (Wildman–Crippen LogP) is 5.24. The summed E-state index contributed by atoms with van der Waals surface area (Å²) in [6.07, 6.45) is 0. The third kappa shape index (κ3) is 6.15. The average Bonchev–Trinajstić information content (AvgIpc) is 2.80. The van der Waals surface area contributed by atoms with Gasteiger partial charge >= 0.3 is 0 Å². The second kappa shape index (κ2) is 10.6.